The first-order valence-corrected chi connectivity index (χ1v) is 11.4. The maximum atomic E-state index is 8.98. The zero-order chi connectivity index (χ0) is 19.1. The molecular formula is C23H47NO2. The summed E-state index contributed by atoms with van der Waals surface area (Å²) in [4.78, 5) is 0. The van der Waals surface area contributed by atoms with Crippen LogP contribution in [0.15, 0.2) is 12.2 Å². The Morgan fingerprint density at radius 1 is 0.654 bits per heavy atom. The van der Waals surface area contributed by atoms with Crippen LogP contribution in [0.3, 0.4) is 0 Å². The van der Waals surface area contributed by atoms with Gasteiger partial charge in [-0.15, -0.1) is 0 Å². The molecule has 0 saturated carbocycles. The Morgan fingerprint density at radius 3 is 1.62 bits per heavy atom. The smallest absolute Gasteiger partial charge is 0.0445 e. The van der Waals surface area contributed by atoms with Crippen LogP contribution in [0.4, 0.5) is 0 Å². The number of allylic oxidation sites excluding steroid dienone is 2. The molecule has 0 unspecified atom stereocenters. The molecule has 0 aromatic heterocycles. The van der Waals surface area contributed by atoms with E-state index in [4.69, 9.17) is 10.2 Å². The number of aliphatic hydroxyl groups is 2. The van der Waals surface area contributed by atoms with Crippen LogP contribution in [0.5, 0.6) is 0 Å². The molecule has 0 atom stereocenters. The molecule has 0 rings (SSSR count). The van der Waals surface area contributed by atoms with Crippen molar-refractivity contribution in [2.24, 2.45) is 0 Å². The minimum Gasteiger partial charge on any atom is -0.396 e. The molecular weight excluding hydrogens is 322 g/mol. The quantitative estimate of drug-likeness (QED) is 0.178. The first-order valence-electron chi connectivity index (χ1n) is 11.4. The van der Waals surface area contributed by atoms with E-state index in [9.17, 15) is 0 Å². The number of unbranched alkanes of at least 4 members (excludes halogenated alkanes) is 12. The summed E-state index contributed by atoms with van der Waals surface area (Å²) in [6.07, 6.45) is 25.0. The van der Waals surface area contributed by atoms with Gasteiger partial charge in [-0.2, -0.15) is 0 Å². The molecule has 0 aromatic carbocycles. The van der Waals surface area contributed by atoms with E-state index in [0.717, 1.165) is 19.4 Å². The number of hydrogen-bond acceptors (Lipinski definition) is 3. The van der Waals surface area contributed by atoms with Crippen LogP contribution in [-0.4, -0.2) is 36.0 Å². The molecule has 0 aliphatic rings. The van der Waals surface area contributed by atoms with Gasteiger partial charge in [0.2, 0.25) is 0 Å². The zero-order valence-electron chi connectivity index (χ0n) is 17.6. The average molecular weight is 370 g/mol. The summed E-state index contributed by atoms with van der Waals surface area (Å²) in [5.74, 6) is 0. The van der Waals surface area contributed by atoms with Gasteiger partial charge in [-0.1, -0.05) is 76.9 Å². The third-order valence-electron chi connectivity index (χ3n) is 5.08. The molecule has 3 heteroatoms. The highest BCUT2D eigenvalue weighted by Crippen LogP contribution is 2.10. The van der Waals surface area contributed by atoms with Gasteiger partial charge in [0.15, 0.2) is 0 Å². The van der Waals surface area contributed by atoms with Crippen LogP contribution in [0.25, 0.3) is 0 Å². The topological polar surface area (TPSA) is 52.5 Å². The molecule has 0 amide bonds. The minimum absolute atomic E-state index is 0.199. The van der Waals surface area contributed by atoms with E-state index in [1.165, 1.54) is 89.9 Å². The maximum absolute atomic E-state index is 8.98. The van der Waals surface area contributed by atoms with E-state index in [2.05, 4.69) is 24.4 Å². The number of hydrogen-bond donors (Lipinski definition) is 3. The normalized spacial score (nSPS) is 11.8. The molecule has 0 fully saturated rings. The van der Waals surface area contributed by atoms with Gasteiger partial charge in [-0.25, -0.2) is 0 Å². The van der Waals surface area contributed by atoms with Gasteiger partial charge in [0.25, 0.3) is 0 Å². The largest absolute Gasteiger partial charge is 0.396 e. The lowest BCUT2D eigenvalue weighted by molar-refractivity contribution is 0.227. The van der Waals surface area contributed by atoms with Gasteiger partial charge >= 0.3 is 0 Å². The first kappa shape index (κ1) is 25.6. The van der Waals surface area contributed by atoms with Crippen molar-refractivity contribution in [2.75, 3.05) is 19.8 Å². The first-order chi connectivity index (χ1) is 12.8. The standard InChI is InChI=1S/C23H47NO2/c1-2-3-4-5-6-7-8-9-10-11-12-13-14-15-16-17-20-24-23(18-21-25)19-22-26/h9-10,23-26H,2-8,11-22H2,1H3/b10-9-. The predicted octanol–water partition coefficient (Wildman–Crippen LogP) is 5.75. The Labute approximate surface area is 163 Å². The fourth-order valence-corrected chi connectivity index (χ4v) is 3.34. The Kier molecular flexibility index (Phi) is 22.3. The van der Waals surface area contributed by atoms with Crippen LogP contribution in [0.2, 0.25) is 0 Å². The van der Waals surface area contributed by atoms with Gasteiger partial charge in [-0.3, -0.25) is 0 Å². The number of nitrogens with one attached hydrogen (secondary N) is 1. The molecule has 0 radical (unpaired) electrons. The van der Waals surface area contributed by atoms with E-state index in [-0.39, 0.29) is 19.3 Å². The van der Waals surface area contributed by atoms with Crippen LogP contribution < -0.4 is 5.32 Å². The second-order valence-corrected chi connectivity index (χ2v) is 7.61. The molecule has 156 valence electrons. The molecule has 0 aliphatic carbocycles. The van der Waals surface area contributed by atoms with Crippen molar-refractivity contribution in [3.63, 3.8) is 0 Å². The van der Waals surface area contributed by atoms with Gasteiger partial charge in [0.1, 0.15) is 0 Å². The van der Waals surface area contributed by atoms with Crippen LogP contribution in [0.1, 0.15) is 110 Å². The maximum Gasteiger partial charge on any atom is 0.0445 e. The van der Waals surface area contributed by atoms with Crippen molar-refractivity contribution in [1.82, 2.24) is 5.32 Å². The van der Waals surface area contributed by atoms with E-state index in [1.807, 2.05) is 0 Å². The van der Waals surface area contributed by atoms with Gasteiger partial charge in [0.05, 0.1) is 0 Å². The lowest BCUT2D eigenvalue weighted by Crippen LogP contribution is -2.31. The highest BCUT2D eigenvalue weighted by atomic mass is 16.3. The highest BCUT2D eigenvalue weighted by Gasteiger charge is 2.05. The molecule has 0 aliphatic heterocycles. The summed E-state index contributed by atoms with van der Waals surface area (Å²) < 4.78 is 0. The lowest BCUT2D eigenvalue weighted by atomic mass is 10.1. The summed E-state index contributed by atoms with van der Waals surface area (Å²) in [6.45, 7) is 3.68. The van der Waals surface area contributed by atoms with Crippen LogP contribution >= 0.6 is 0 Å². The van der Waals surface area contributed by atoms with E-state index in [1.54, 1.807) is 0 Å². The van der Waals surface area contributed by atoms with Crippen LogP contribution in [0, 0.1) is 0 Å². The predicted molar refractivity (Wildman–Crippen MR) is 115 cm³/mol. The average Bonchev–Trinajstić information content (AvgIpc) is 2.64. The Morgan fingerprint density at radius 2 is 1.12 bits per heavy atom. The molecule has 0 bridgehead atoms. The summed E-state index contributed by atoms with van der Waals surface area (Å²) in [5.41, 5.74) is 0. The number of rotatable bonds is 21. The lowest BCUT2D eigenvalue weighted by Gasteiger charge is -2.16. The van der Waals surface area contributed by atoms with Crippen molar-refractivity contribution in [3.05, 3.63) is 12.2 Å². The molecule has 26 heavy (non-hydrogen) atoms. The van der Waals surface area contributed by atoms with Crippen molar-refractivity contribution >= 4 is 0 Å². The molecule has 0 aromatic rings. The SMILES string of the molecule is CCCCCCCC/C=C\CCCCCCCCNC(CCO)CCO. The zero-order valence-corrected chi connectivity index (χ0v) is 17.6. The summed E-state index contributed by atoms with van der Waals surface area (Å²) in [6, 6.07) is 0.271. The fraction of sp³-hybridized carbons (Fsp3) is 0.913. The second kappa shape index (κ2) is 22.7. The van der Waals surface area contributed by atoms with Gasteiger partial charge < -0.3 is 15.5 Å². The summed E-state index contributed by atoms with van der Waals surface area (Å²) >= 11 is 0. The number of aliphatic hydroxyl groups excluding tert-OH is 2. The molecule has 0 heterocycles. The fourth-order valence-electron chi connectivity index (χ4n) is 3.34. The minimum atomic E-state index is 0.199. The summed E-state index contributed by atoms with van der Waals surface area (Å²) in [7, 11) is 0. The third-order valence-corrected chi connectivity index (χ3v) is 5.08. The van der Waals surface area contributed by atoms with E-state index in [0.29, 0.717) is 0 Å². The van der Waals surface area contributed by atoms with Crippen molar-refractivity contribution in [3.8, 4) is 0 Å². The second-order valence-electron chi connectivity index (χ2n) is 7.61. The van der Waals surface area contributed by atoms with Gasteiger partial charge in [0, 0.05) is 19.3 Å². The highest BCUT2D eigenvalue weighted by molar-refractivity contribution is 4.81. The van der Waals surface area contributed by atoms with E-state index >= 15 is 0 Å². The molecule has 0 saturated heterocycles. The monoisotopic (exact) mass is 369 g/mol. The summed E-state index contributed by atoms with van der Waals surface area (Å²) in [5, 5.41) is 21.4. The van der Waals surface area contributed by atoms with E-state index < -0.39 is 0 Å². The molecule has 3 nitrogen and oxygen atoms in total. The van der Waals surface area contributed by atoms with Crippen molar-refractivity contribution < 1.29 is 10.2 Å². The third kappa shape index (κ3) is 19.9. The van der Waals surface area contributed by atoms with Crippen LogP contribution in [-0.2, 0) is 0 Å². The Hall–Kier alpha value is -0.380. The van der Waals surface area contributed by atoms with Crippen molar-refractivity contribution in [2.45, 2.75) is 116 Å². The Bertz CT molecular complexity index is 275. The molecule has 3 N–H and O–H groups in total. The Balaban J connectivity index is 3.22. The van der Waals surface area contributed by atoms with Crippen molar-refractivity contribution in [1.29, 1.82) is 0 Å². The van der Waals surface area contributed by atoms with Gasteiger partial charge in [-0.05, 0) is 51.5 Å². The molecule has 0 spiro atoms.